The SMILES string of the molecule is CCc1ccccc1S(=O)(=O)N1CCN(C)CC1C. The first kappa shape index (κ1) is 14.5. The van der Waals surface area contributed by atoms with Gasteiger partial charge in [-0.15, -0.1) is 0 Å². The molecule has 0 bridgehead atoms. The second-order valence-corrected chi connectivity index (χ2v) is 7.05. The largest absolute Gasteiger partial charge is 0.303 e. The first-order valence-electron chi connectivity index (χ1n) is 6.75. The van der Waals surface area contributed by atoms with Gasteiger partial charge in [0.25, 0.3) is 0 Å². The lowest BCUT2D eigenvalue weighted by Crippen LogP contribution is -2.52. The molecule has 1 heterocycles. The van der Waals surface area contributed by atoms with Gasteiger partial charge in [-0.1, -0.05) is 25.1 Å². The summed E-state index contributed by atoms with van der Waals surface area (Å²) in [5.41, 5.74) is 0.897. The molecule has 1 saturated heterocycles. The molecule has 1 aliphatic rings. The van der Waals surface area contributed by atoms with E-state index in [1.807, 2.05) is 33.0 Å². The van der Waals surface area contributed by atoms with E-state index in [0.717, 1.165) is 25.1 Å². The van der Waals surface area contributed by atoms with Crippen LogP contribution in [0.1, 0.15) is 19.4 Å². The number of piperazine rings is 1. The monoisotopic (exact) mass is 282 g/mol. The van der Waals surface area contributed by atoms with Crippen LogP contribution in [0.3, 0.4) is 0 Å². The maximum atomic E-state index is 12.8. The second-order valence-electron chi connectivity index (χ2n) is 5.19. The minimum atomic E-state index is -3.37. The fourth-order valence-electron chi connectivity index (χ4n) is 2.65. The number of sulfonamides is 1. The summed E-state index contributed by atoms with van der Waals surface area (Å²) in [7, 11) is -1.34. The third kappa shape index (κ3) is 2.83. The highest BCUT2D eigenvalue weighted by atomic mass is 32.2. The van der Waals surface area contributed by atoms with Crippen molar-refractivity contribution in [1.29, 1.82) is 0 Å². The van der Waals surface area contributed by atoms with Crippen LogP contribution in [0.2, 0.25) is 0 Å². The Morgan fingerprint density at radius 1 is 1.26 bits per heavy atom. The van der Waals surface area contributed by atoms with Gasteiger partial charge in [-0.3, -0.25) is 0 Å². The molecule has 0 saturated carbocycles. The van der Waals surface area contributed by atoms with Crippen LogP contribution in [0.25, 0.3) is 0 Å². The molecule has 0 N–H and O–H groups in total. The molecule has 1 aromatic rings. The van der Waals surface area contributed by atoms with Gasteiger partial charge in [-0.25, -0.2) is 8.42 Å². The summed E-state index contributed by atoms with van der Waals surface area (Å²) in [5.74, 6) is 0. The first-order chi connectivity index (χ1) is 8.96. The Hall–Kier alpha value is -0.910. The van der Waals surface area contributed by atoms with E-state index in [0.29, 0.717) is 11.4 Å². The number of aryl methyl sites for hydroxylation is 1. The van der Waals surface area contributed by atoms with Crippen molar-refractivity contribution in [2.24, 2.45) is 0 Å². The Kier molecular flexibility index (Phi) is 4.28. The van der Waals surface area contributed by atoms with Crippen LogP contribution in [-0.2, 0) is 16.4 Å². The maximum Gasteiger partial charge on any atom is 0.243 e. The molecular weight excluding hydrogens is 260 g/mol. The maximum absolute atomic E-state index is 12.8. The molecule has 1 fully saturated rings. The smallest absolute Gasteiger partial charge is 0.243 e. The van der Waals surface area contributed by atoms with Crippen LogP contribution in [0.4, 0.5) is 0 Å². The molecule has 0 aromatic heterocycles. The standard InChI is InChI=1S/C14H22N2O2S/c1-4-13-7-5-6-8-14(13)19(17,18)16-10-9-15(3)11-12(16)2/h5-8,12H,4,9-11H2,1-3H3. The number of hydrogen-bond donors (Lipinski definition) is 0. The molecule has 106 valence electrons. The molecule has 5 heteroatoms. The van der Waals surface area contributed by atoms with Gasteiger partial charge in [0.1, 0.15) is 0 Å². The third-order valence-corrected chi connectivity index (χ3v) is 5.82. The number of likely N-dealkylation sites (N-methyl/N-ethyl adjacent to an activating group) is 1. The summed E-state index contributed by atoms with van der Waals surface area (Å²) in [6.45, 7) is 6.10. The van der Waals surface area contributed by atoms with E-state index < -0.39 is 10.0 Å². The highest BCUT2D eigenvalue weighted by Crippen LogP contribution is 2.24. The molecule has 1 unspecified atom stereocenters. The molecule has 2 rings (SSSR count). The summed E-state index contributed by atoms with van der Waals surface area (Å²) in [4.78, 5) is 2.64. The zero-order valence-corrected chi connectivity index (χ0v) is 12.7. The topological polar surface area (TPSA) is 40.6 Å². The normalized spacial score (nSPS) is 22.6. The molecule has 1 atom stereocenters. The van der Waals surface area contributed by atoms with Crippen LogP contribution in [-0.4, -0.2) is 50.3 Å². The van der Waals surface area contributed by atoms with Gasteiger partial charge in [0, 0.05) is 25.7 Å². The van der Waals surface area contributed by atoms with E-state index in [2.05, 4.69) is 4.90 Å². The van der Waals surface area contributed by atoms with Crippen molar-refractivity contribution >= 4 is 10.0 Å². The van der Waals surface area contributed by atoms with Gasteiger partial charge in [0.05, 0.1) is 4.90 Å². The third-order valence-electron chi connectivity index (χ3n) is 3.71. The van der Waals surface area contributed by atoms with E-state index in [4.69, 9.17) is 0 Å². The average molecular weight is 282 g/mol. The van der Waals surface area contributed by atoms with Crippen molar-refractivity contribution < 1.29 is 8.42 Å². The summed E-state index contributed by atoms with van der Waals surface area (Å²) in [6.07, 6.45) is 0.734. The zero-order valence-electron chi connectivity index (χ0n) is 11.8. The lowest BCUT2D eigenvalue weighted by Gasteiger charge is -2.37. The number of benzene rings is 1. The van der Waals surface area contributed by atoms with Crippen molar-refractivity contribution in [3.8, 4) is 0 Å². The van der Waals surface area contributed by atoms with Crippen molar-refractivity contribution in [3.63, 3.8) is 0 Å². The predicted octanol–water partition coefficient (Wildman–Crippen LogP) is 1.57. The predicted molar refractivity (Wildman–Crippen MR) is 76.7 cm³/mol. The fourth-order valence-corrected chi connectivity index (χ4v) is 4.56. The van der Waals surface area contributed by atoms with Gasteiger partial charge in [0.15, 0.2) is 0 Å². The Morgan fingerprint density at radius 2 is 1.95 bits per heavy atom. The Labute approximate surface area is 116 Å². The summed E-state index contributed by atoms with van der Waals surface area (Å²) >= 11 is 0. The van der Waals surface area contributed by atoms with Crippen molar-refractivity contribution in [1.82, 2.24) is 9.21 Å². The second kappa shape index (κ2) is 5.61. The minimum absolute atomic E-state index is 0.0219. The van der Waals surface area contributed by atoms with Crippen LogP contribution in [0.5, 0.6) is 0 Å². The Morgan fingerprint density at radius 3 is 2.58 bits per heavy atom. The molecule has 0 aliphatic carbocycles. The van der Waals surface area contributed by atoms with Crippen molar-refractivity contribution in [3.05, 3.63) is 29.8 Å². The summed E-state index contributed by atoms with van der Waals surface area (Å²) in [5, 5.41) is 0. The zero-order chi connectivity index (χ0) is 14.0. The van der Waals surface area contributed by atoms with E-state index in [9.17, 15) is 8.42 Å². The van der Waals surface area contributed by atoms with Gasteiger partial charge >= 0.3 is 0 Å². The quantitative estimate of drug-likeness (QED) is 0.845. The van der Waals surface area contributed by atoms with Crippen LogP contribution in [0, 0.1) is 0 Å². The van der Waals surface area contributed by atoms with Crippen molar-refractivity contribution in [2.45, 2.75) is 31.2 Å². The van der Waals surface area contributed by atoms with Crippen LogP contribution >= 0.6 is 0 Å². The first-order valence-corrected chi connectivity index (χ1v) is 8.19. The number of rotatable bonds is 3. The van der Waals surface area contributed by atoms with E-state index in [1.54, 1.807) is 16.4 Å². The molecule has 0 radical (unpaired) electrons. The molecule has 1 aliphatic heterocycles. The fraction of sp³-hybridized carbons (Fsp3) is 0.571. The van der Waals surface area contributed by atoms with E-state index >= 15 is 0 Å². The summed E-state index contributed by atoms with van der Waals surface area (Å²) < 4.78 is 27.2. The average Bonchev–Trinajstić information content (AvgIpc) is 2.38. The molecular formula is C14H22N2O2S. The number of nitrogens with zero attached hydrogens (tertiary/aromatic N) is 2. The number of hydrogen-bond acceptors (Lipinski definition) is 3. The lowest BCUT2D eigenvalue weighted by molar-refractivity contribution is 0.170. The lowest BCUT2D eigenvalue weighted by atomic mass is 10.2. The van der Waals surface area contributed by atoms with Crippen molar-refractivity contribution in [2.75, 3.05) is 26.7 Å². The highest BCUT2D eigenvalue weighted by molar-refractivity contribution is 7.89. The molecule has 4 nitrogen and oxygen atoms in total. The van der Waals surface area contributed by atoms with Gasteiger partial charge in [0.2, 0.25) is 10.0 Å². The Balaban J connectivity index is 2.37. The summed E-state index contributed by atoms with van der Waals surface area (Å²) in [6, 6.07) is 7.33. The van der Waals surface area contributed by atoms with E-state index in [-0.39, 0.29) is 6.04 Å². The highest BCUT2D eigenvalue weighted by Gasteiger charge is 2.33. The van der Waals surface area contributed by atoms with Gasteiger partial charge in [-0.05, 0) is 32.0 Å². The molecule has 1 aromatic carbocycles. The molecule has 0 spiro atoms. The van der Waals surface area contributed by atoms with Gasteiger partial charge < -0.3 is 4.90 Å². The Bertz CT molecular complexity index is 542. The molecule has 19 heavy (non-hydrogen) atoms. The van der Waals surface area contributed by atoms with E-state index in [1.165, 1.54) is 0 Å². The van der Waals surface area contributed by atoms with Crippen LogP contribution in [0.15, 0.2) is 29.2 Å². The van der Waals surface area contributed by atoms with Crippen LogP contribution < -0.4 is 0 Å². The van der Waals surface area contributed by atoms with Gasteiger partial charge in [-0.2, -0.15) is 4.31 Å². The molecule has 0 amide bonds. The minimum Gasteiger partial charge on any atom is -0.303 e.